The average Bonchev–Trinajstić information content (AvgIpc) is 3.07. The zero-order chi connectivity index (χ0) is 18.6. The number of aliphatic hydroxyl groups is 1. The third-order valence-corrected chi connectivity index (χ3v) is 5.80. The Hall–Kier alpha value is -2.13. The first-order valence-corrected chi connectivity index (χ1v) is 10.0. The molecule has 3 heterocycles. The van der Waals surface area contributed by atoms with Crippen molar-refractivity contribution >= 4 is 28.4 Å². The number of pyridine rings is 1. The molecule has 1 aliphatic rings. The highest BCUT2D eigenvalue weighted by Crippen LogP contribution is 2.49. The maximum absolute atomic E-state index is 8.87. The number of anilines is 1. The molecule has 3 aromatic rings. The van der Waals surface area contributed by atoms with Crippen molar-refractivity contribution in [3.63, 3.8) is 0 Å². The van der Waals surface area contributed by atoms with Gasteiger partial charge in [0.2, 0.25) is 0 Å². The Labute approximate surface area is 162 Å². The van der Waals surface area contributed by atoms with Crippen LogP contribution in [0.4, 0.5) is 5.69 Å². The Morgan fingerprint density at radius 1 is 1.15 bits per heavy atom. The number of aromatic nitrogens is 3. The van der Waals surface area contributed by atoms with Crippen molar-refractivity contribution < 1.29 is 5.11 Å². The van der Waals surface area contributed by atoms with Crippen LogP contribution in [0.2, 0.25) is 0 Å². The summed E-state index contributed by atoms with van der Waals surface area (Å²) < 4.78 is 2.08. The van der Waals surface area contributed by atoms with Crippen LogP contribution in [0.5, 0.6) is 0 Å². The third-order valence-electron chi connectivity index (χ3n) is 4.60. The summed E-state index contributed by atoms with van der Waals surface area (Å²) in [7, 11) is 1.96. The highest BCUT2D eigenvalue weighted by atomic mass is 32.2. The summed E-state index contributed by atoms with van der Waals surface area (Å²) in [5, 5.41) is 24.9. The van der Waals surface area contributed by atoms with Crippen LogP contribution in [0, 0.1) is 0 Å². The van der Waals surface area contributed by atoms with Crippen molar-refractivity contribution in [1.82, 2.24) is 25.4 Å². The number of fused-ring (bicyclic) bond motifs is 2. The molecule has 0 bridgehead atoms. The van der Waals surface area contributed by atoms with Crippen LogP contribution in [-0.4, -0.2) is 59.7 Å². The molecule has 142 valence electrons. The second-order valence-corrected chi connectivity index (χ2v) is 7.44. The molecule has 0 radical (unpaired) electrons. The van der Waals surface area contributed by atoms with Crippen LogP contribution >= 0.6 is 11.8 Å². The van der Waals surface area contributed by atoms with Crippen LogP contribution in [0.25, 0.3) is 22.2 Å². The van der Waals surface area contributed by atoms with E-state index < -0.39 is 0 Å². The molecule has 1 aromatic carbocycles. The van der Waals surface area contributed by atoms with Crippen LogP contribution in [-0.2, 0) is 6.54 Å². The number of likely N-dealkylation sites (N-methyl/N-ethyl adjacent to an activating group) is 1. The zero-order valence-electron chi connectivity index (χ0n) is 15.3. The molecular formula is C19H24N6OS. The summed E-state index contributed by atoms with van der Waals surface area (Å²) in [5.74, 6) is 0. The fourth-order valence-corrected chi connectivity index (χ4v) is 4.47. The monoisotopic (exact) mass is 384 g/mol. The molecule has 0 saturated carbocycles. The van der Waals surface area contributed by atoms with Crippen molar-refractivity contribution in [3.8, 4) is 11.3 Å². The standard InChI is InChI=1S/C19H24N6OS/c1-20-8-10-25-15-3-2-14(23-7-6-21-9-11-26)19-17(15)18(24-25)13-12-22-5-4-16(13)27-19/h2-5,12,20-21,23,26H,6-11H2,1H3. The molecule has 0 fully saturated rings. The number of hydrogen-bond acceptors (Lipinski definition) is 7. The third kappa shape index (κ3) is 3.53. The smallest absolute Gasteiger partial charge is 0.104 e. The second-order valence-electron chi connectivity index (χ2n) is 6.39. The molecule has 0 atom stereocenters. The highest BCUT2D eigenvalue weighted by molar-refractivity contribution is 8.00. The van der Waals surface area contributed by atoms with Crippen LogP contribution in [0.15, 0.2) is 40.4 Å². The van der Waals surface area contributed by atoms with E-state index in [2.05, 4.69) is 43.8 Å². The van der Waals surface area contributed by atoms with Crippen LogP contribution < -0.4 is 16.0 Å². The van der Waals surface area contributed by atoms with E-state index in [-0.39, 0.29) is 6.61 Å². The Morgan fingerprint density at radius 2 is 2.07 bits per heavy atom. The van der Waals surface area contributed by atoms with E-state index in [4.69, 9.17) is 10.2 Å². The molecule has 27 heavy (non-hydrogen) atoms. The lowest BCUT2D eigenvalue weighted by atomic mass is 10.1. The molecule has 8 heteroatoms. The van der Waals surface area contributed by atoms with E-state index in [1.165, 1.54) is 15.2 Å². The van der Waals surface area contributed by atoms with Gasteiger partial charge in [0.1, 0.15) is 5.69 Å². The Morgan fingerprint density at radius 3 is 2.93 bits per heavy atom. The van der Waals surface area contributed by atoms with Gasteiger partial charge in [0, 0.05) is 65.0 Å². The topological polar surface area (TPSA) is 87.0 Å². The van der Waals surface area contributed by atoms with Crippen molar-refractivity contribution in [2.45, 2.75) is 16.3 Å². The van der Waals surface area contributed by atoms with E-state index in [1.54, 1.807) is 11.8 Å². The van der Waals surface area contributed by atoms with Gasteiger partial charge >= 0.3 is 0 Å². The lowest BCUT2D eigenvalue weighted by molar-refractivity contribution is 0.293. The molecule has 0 saturated heterocycles. The van der Waals surface area contributed by atoms with Gasteiger partial charge in [-0.05, 0) is 25.2 Å². The Kier molecular flexibility index (Phi) is 5.58. The summed E-state index contributed by atoms with van der Waals surface area (Å²) >= 11 is 1.78. The summed E-state index contributed by atoms with van der Waals surface area (Å²) in [4.78, 5) is 6.72. The Balaban J connectivity index is 1.72. The summed E-state index contributed by atoms with van der Waals surface area (Å²) in [6.07, 6.45) is 3.75. The average molecular weight is 385 g/mol. The minimum atomic E-state index is 0.160. The molecule has 4 N–H and O–H groups in total. The zero-order valence-corrected chi connectivity index (χ0v) is 16.1. The summed E-state index contributed by atoms with van der Waals surface area (Å²) in [6.45, 7) is 4.07. The maximum atomic E-state index is 8.87. The minimum Gasteiger partial charge on any atom is -0.395 e. The fourth-order valence-electron chi connectivity index (χ4n) is 3.31. The van der Waals surface area contributed by atoms with Gasteiger partial charge in [0.05, 0.1) is 18.7 Å². The van der Waals surface area contributed by atoms with Crippen molar-refractivity contribution in [1.29, 1.82) is 0 Å². The minimum absolute atomic E-state index is 0.160. The fraction of sp³-hybridized carbons (Fsp3) is 0.368. The summed E-state index contributed by atoms with van der Waals surface area (Å²) in [6, 6.07) is 6.35. The van der Waals surface area contributed by atoms with Gasteiger partial charge in [0.25, 0.3) is 0 Å². The number of rotatable bonds is 9. The van der Waals surface area contributed by atoms with Gasteiger partial charge in [-0.3, -0.25) is 9.67 Å². The number of aliphatic hydroxyl groups excluding tert-OH is 1. The van der Waals surface area contributed by atoms with E-state index in [0.717, 1.165) is 48.6 Å². The van der Waals surface area contributed by atoms with E-state index >= 15 is 0 Å². The molecule has 0 aliphatic carbocycles. The largest absolute Gasteiger partial charge is 0.395 e. The van der Waals surface area contributed by atoms with Crippen molar-refractivity contribution in [3.05, 3.63) is 30.6 Å². The maximum Gasteiger partial charge on any atom is 0.104 e. The molecule has 2 aromatic heterocycles. The number of nitrogens with one attached hydrogen (secondary N) is 3. The van der Waals surface area contributed by atoms with Gasteiger partial charge in [0.15, 0.2) is 0 Å². The number of benzene rings is 1. The molecule has 0 unspecified atom stereocenters. The first-order valence-electron chi connectivity index (χ1n) is 9.19. The number of nitrogens with zero attached hydrogens (tertiary/aromatic N) is 3. The molecule has 1 aliphatic heterocycles. The SMILES string of the molecule is CNCCn1nc2c3c(c(NCCNCCO)ccc31)Sc1ccncc1-2. The van der Waals surface area contributed by atoms with Gasteiger partial charge in [-0.25, -0.2) is 0 Å². The first-order chi connectivity index (χ1) is 13.3. The Bertz CT molecular complexity index is 941. The second kappa shape index (κ2) is 8.26. The van der Waals surface area contributed by atoms with E-state index in [1.807, 2.05) is 19.4 Å². The molecular weight excluding hydrogens is 360 g/mol. The van der Waals surface area contributed by atoms with E-state index in [0.29, 0.717) is 6.54 Å². The van der Waals surface area contributed by atoms with Crippen LogP contribution in [0.1, 0.15) is 0 Å². The van der Waals surface area contributed by atoms with Crippen molar-refractivity contribution in [2.24, 2.45) is 0 Å². The van der Waals surface area contributed by atoms with Crippen LogP contribution in [0.3, 0.4) is 0 Å². The molecule has 0 spiro atoms. The van der Waals surface area contributed by atoms with Gasteiger partial charge < -0.3 is 21.1 Å². The molecule has 7 nitrogen and oxygen atoms in total. The van der Waals surface area contributed by atoms with Gasteiger partial charge in [-0.1, -0.05) is 11.8 Å². The normalized spacial score (nSPS) is 12.4. The lowest BCUT2D eigenvalue weighted by Crippen LogP contribution is -2.25. The predicted molar refractivity (Wildman–Crippen MR) is 109 cm³/mol. The highest BCUT2D eigenvalue weighted by Gasteiger charge is 2.26. The summed E-state index contributed by atoms with van der Waals surface area (Å²) in [5.41, 5.74) is 4.39. The molecule has 0 amide bonds. The predicted octanol–water partition coefficient (Wildman–Crippen LogP) is 1.78. The first kappa shape index (κ1) is 18.2. The quantitative estimate of drug-likeness (QED) is 0.327. The van der Waals surface area contributed by atoms with Gasteiger partial charge in [-0.15, -0.1) is 0 Å². The lowest BCUT2D eigenvalue weighted by Gasteiger charge is -2.18. The molecule has 4 rings (SSSR count). The number of hydrogen-bond donors (Lipinski definition) is 4. The van der Waals surface area contributed by atoms with Gasteiger partial charge in [-0.2, -0.15) is 5.10 Å². The van der Waals surface area contributed by atoms with E-state index in [9.17, 15) is 0 Å². The van der Waals surface area contributed by atoms with Crippen molar-refractivity contribution in [2.75, 3.05) is 45.2 Å².